The van der Waals surface area contributed by atoms with Gasteiger partial charge >= 0.3 is 5.97 Å². The monoisotopic (exact) mass is 594 g/mol. The zero-order valence-corrected chi connectivity index (χ0v) is 22.9. The van der Waals surface area contributed by atoms with Crippen molar-refractivity contribution in [2.45, 2.75) is 26.3 Å². The number of halogens is 5. The van der Waals surface area contributed by atoms with Crippen LogP contribution in [0.4, 0.5) is 5.69 Å². The molecule has 0 aromatic heterocycles. The average Bonchev–Trinajstić information content (AvgIpc) is 3.08. The van der Waals surface area contributed by atoms with Crippen LogP contribution in [0.5, 0.6) is 5.75 Å². The Bertz CT molecular complexity index is 1220. The Kier molecular flexibility index (Phi) is 9.01. The lowest BCUT2D eigenvalue weighted by Crippen LogP contribution is -2.47. The lowest BCUT2D eigenvalue weighted by Gasteiger charge is -2.26. The Labute approximate surface area is 231 Å². The third kappa shape index (κ3) is 5.53. The number of hydrogen-bond donors (Lipinski definition) is 1. The van der Waals surface area contributed by atoms with Crippen LogP contribution in [0.3, 0.4) is 0 Å². The van der Waals surface area contributed by atoms with E-state index in [2.05, 4.69) is 5.32 Å². The van der Waals surface area contributed by atoms with Gasteiger partial charge in [0.1, 0.15) is 11.8 Å². The highest BCUT2D eigenvalue weighted by Gasteiger charge is 2.47. The number of carbonyl (C=O) groups is 4. The zero-order valence-electron chi connectivity index (χ0n) is 19.1. The summed E-state index contributed by atoms with van der Waals surface area (Å²) in [5.74, 6) is -3.23. The molecule has 1 N–H and O–H groups in total. The Morgan fingerprint density at radius 3 is 2.00 bits per heavy atom. The molecular formula is C23H19Cl5N2O6. The number of amides is 3. The molecule has 0 saturated heterocycles. The molecule has 2 aromatic rings. The molecule has 2 aromatic carbocycles. The van der Waals surface area contributed by atoms with Gasteiger partial charge in [-0.3, -0.25) is 19.3 Å². The van der Waals surface area contributed by atoms with Crippen molar-refractivity contribution in [2.75, 3.05) is 19.0 Å². The van der Waals surface area contributed by atoms with E-state index in [9.17, 15) is 19.2 Å². The van der Waals surface area contributed by atoms with E-state index >= 15 is 0 Å². The molecule has 3 rings (SSSR count). The van der Waals surface area contributed by atoms with Gasteiger partial charge in [0, 0.05) is 5.02 Å². The van der Waals surface area contributed by atoms with E-state index in [0.29, 0.717) is 15.7 Å². The summed E-state index contributed by atoms with van der Waals surface area (Å²) in [4.78, 5) is 52.6. The Hall–Kier alpha value is -2.23. The standard InChI is InChI=1S/C23H19Cl5N2O6/c1-9(2)6-12(23(34)36-8-14(31)29-11-7-10(24)4-5-13(11)35-3)30-21(32)15-16(22(30)33)18(26)20(28)19(27)17(15)25/h4-5,7,9,12H,6,8H2,1-3H3,(H,29,31). The largest absolute Gasteiger partial charge is 0.495 e. The number of nitrogens with zero attached hydrogens (tertiary/aromatic N) is 1. The number of hydrogen-bond acceptors (Lipinski definition) is 6. The normalized spacial score (nSPS) is 13.6. The molecule has 1 heterocycles. The van der Waals surface area contributed by atoms with E-state index in [4.69, 9.17) is 67.5 Å². The lowest BCUT2D eigenvalue weighted by molar-refractivity contribution is -0.151. The molecule has 1 aliphatic heterocycles. The fraction of sp³-hybridized carbons (Fsp3) is 0.304. The third-order valence-electron chi connectivity index (χ3n) is 5.19. The molecule has 1 unspecified atom stereocenters. The highest BCUT2D eigenvalue weighted by atomic mass is 35.5. The number of methoxy groups -OCH3 is 1. The summed E-state index contributed by atoms with van der Waals surface area (Å²) in [6, 6.07) is 3.23. The maximum Gasteiger partial charge on any atom is 0.329 e. The fourth-order valence-electron chi connectivity index (χ4n) is 3.60. The van der Waals surface area contributed by atoms with E-state index in [1.807, 2.05) is 0 Å². The quantitative estimate of drug-likeness (QED) is 0.170. The first kappa shape index (κ1) is 28.3. The van der Waals surface area contributed by atoms with Gasteiger partial charge in [0.15, 0.2) is 6.61 Å². The topological polar surface area (TPSA) is 102 Å². The fourth-order valence-corrected chi connectivity index (χ4v) is 4.79. The number of rotatable bonds is 8. The molecular weight excluding hydrogens is 578 g/mol. The summed E-state index contributed by atoms with van der Waals surface area (Å²) in [5, 5.41) is 1.98. The molecule has 0 spiro atoms. The van der Waals surface area contributed by atoms with Crippen molar-refractivity contribution >= 4 is 87.4 Å². The number of ether oxygens (including phenoxy) is 2. The summed E-state index contributed by atoms with van der Waals surface area (Å²) in [6.45, 7) is 2.86. The highest BCUT2D eigenvalue weighted by molar-refractivity contribution is 6.55. The second kappa shape index (κ2) is 11.4. The lowest BCUT2D eigenvalue weighted by atomic mass is 10.0. The van der Waals surface area contributed by atoms with Gasteiger partial charge in [-0.1, -0.05) is 71.9 Å². The van der Waals surface area contributed by atoms with Gasteiger partial charge in [0.05, 0.1) is 44.0 Å². The Morgan fingerprint density at radius 1 is 0.944 bits per heavy atom. The number of benzene rings is 2. The number of carbonyl (C=O) groups excluding carboxylic acids is 4. The third-order valence-corrected chi connectivity index (χ3v) is 7.23. The van der Waals surface area contributed by atoms with Crippen LogP contribution in [0.1, 0.15) is 41.0 Å². The van der Waals surface area contributed by atoms with Crippen LogP contribution in [0.2, 0.25) is 25.1 Å². The minimum Gasteiger partial charge on any atom is -0.495 e. The van der Waals surface area contributed by atoms with Gasteiger partial charge in [0.2, 0.25) is 0 Å². The second-order valence-corrected chi connectivity index (χ2v) is 10.1. The molecule has 0 bridgehead atoms. The second-order valence-electron chi connectivity index (χ2n) is 8.13. The van der Waals surface area contributed by atoms with Crippen molar-refractivity contribution < 1.29 is 28.7 Å². The van der Waals surface area contributed by atoms with Crippen molar-refractivity contribution in [1.29, 1.82) is 0 Å². The summed E-state index contributed by atoms with van der Waals surface area (Å²) in [5.41, 5.74) is -0.245. The zero-order chi connectivity index (χ0) is 26.9. The predicted molar refractivity (Wildman–Crippen MR) is 138 cm³/mol. The van der Waals surface area contributed by atoms with E-state index < -0.39 is 36.3 Å². The van der Waals surface area contributed by atoms with Gasteiger partial charge in [-0.25, -0.2) is 4.79 Å². The SMILES string of the molecule is COc1ccc(Cl)cc1NC(=O)COC(=O)C(CC(C)C)N1C(=O)c2c(Cl)c(Cl)c(Cl)c(Cl)c2C1=O. The minimum absolute atomic E-state index is 0.0464. The predicted octanol–water partition coefficient (Wildman–Crippen LogP) is 6.15. The Morgan fingerprint density at radius 2 is 1.50 bits per heavy atom. The number of nitrogens with one attached hydrogen (secondary N) is 1. The molecule has 0 fully saturated rings. The molecule has 1 atom stereocenters. The molecule has 0 aliphatic carbocycles. The van der Waals surface area contributed by atoms with Crippen LogP contribution in [0.25, 0.3) is 0 Å². The van der Waals surface area contributed by atoms with Gasteiger partial charge in [-0.2, -0.15) is 0 Å². The van der Waals surface area contributed by atoms with E-state index in [-0.39, 0.29) is 49.2 Å². The first-order valence-corrected chi connectivity index (χ1v) is 12.3. The highest BCUT2D eigenvalue weighted by Crippen LogP contribution is 2.45. The van der Waals surface area contributed by atoms with Gasteiger partial charge in [-0.05, 0) is 30.5 Å². The number of esters is 1. The molecule has 13 heteroatoms. The summed E-state index contributed by atoms with van der Waals surface area (Å²) < 4.78 is 10.3. The molecule has 8 nitrogen and oxygen atoms in total. The molecule has 192 valence electrons. The van der Waals surface area contributed by atoms with Gasteiger partial charge in [0.25, 0.3) is 17.7 Å². The van der Waals surface area contributed by atoms with E-state index in [1.165, 1.54) is 13.2 Å². The number of anilines is 1. The minimum atomic E-state index is -1.37. The molecule has 0 saturated carbocycles. The number of imide groups is 1. The molecule has 0 radical (unpaired) electrons. The van der Waals surface area contributed by atoms with Crippen LogP contribution in [0, 0.1) is 5.92 Å². The van der Waals surface area contributed by atoms with Gasteiger partial charge in [-0.15, -0.1) is 0 Å². The van der Waals surface area contributed by atoms with Crippen molar-refractivity contribution in [3.05, 3.63) is 54.4 Å². The van der Waals surface area contributed by atoms with Crippen molar-refractivity contribution in [3.63, 3.8) is 0 Å². The van der Waals surface area contributed by atoms with Crippen LogP contribution in [-0.4, -0.2) is 48.3 Å². The maximum atomic E-state index is 13.2. The van der Waals surface area contributed by atoms with Crippen molar-refractivity contribution in [3.8, 4) is 5.75 Å². The molecule has 36 heavy (non-hydrogen) atoms. The summed E-state index contributed by atoms with van der Waals surface area (Å²) in [6.07, 6.45) is 0.0464. The summed E-state index contributed by atoms with van der Waals surface area (Å²) >= 11 is 30.4. The molecule has 3 amide bonds. The van der Waals surface area contributed by atoms with Crippen LogP contribution < -0.4 is 10.1 Å². The Balaban J connectivity index is 1.83. The first-order chi connectivity index (χ1) is 16.9. The summed E-state index contributed by atoms with van der Waals surface area (Å²) in [7, 11) is 1.41. The molecule has 1 aliphatic rings. The van der Waals surface area contributed by atoms with Crippen LogP contribution in [-0.2, 0) is 14.3 Å². The van der Waals surface area contributed by atoms with Crippen molar-refractivity contribution in [2.24, 2.45) is 5.92 Å². The van der Waals surface area contributed by atoms with Crippen LogP contribution in [0.15, 0.2) is 18.2 Å². The number of fused-ring (bicyclic) bond motifs is 1. The van der Waals surface area contributed by atoms with Crippen LogP contribution >= 0.6 is 58.0 Å². The van der Waals surface area contributed by atoms with E-state index in [1.54, 1.807) is 26.0 Å². The average molecular weight is 597 g/mol. The first-order valence-electron chi connectivity index (χ1n) is 10.4. The van der Waals surface area contributed by atoms with Crippen molar-refractivity contribution in [1.82, 2.24) is 4.90 Å². The smallest absolute Gasteiger partial charge is 0.329 e. The van der Waals surface area contributed by atoms with E-state index in [0.717, 1.165) is 0 Å². The van der Waals surface area contributed by atoms with Gasteiger partial charge < -0.3 is 14.8 Å². The maximum absolute atomic E-state index is 13.2.